The zero-order valence-electron chi connectivity index (χ0n) is 11.0. The molecule has 1 aliphatic carbocycles. The highest BCUT2D eigenvalue weighted by atomic mass is 32.2. The molecule has 102 valence electrons. The van der Waals surface area contributed by atoms with Crippen molar-refractivity contribution in [2.75, 3.05) is 0 Å². The van der Waals surface area contributed by atoms with Gasteiger partial charge in [-0.1, -0.05) is 13.8 Å². The molecule has 1 heterocycles. The Kier molecular flexibility index (Phi) is 3.61. The Morgan fingerprint density at radius 2 is 2.26 bits per heavy atom. The van der Waals surface area contributed by atoms with E-state index in [9.17, 15) is 8.42 Å². The third-order valence-corrected chi connectivity index (χ3v) is 5.01. The molecule has 1 N–H and O–H groups in total. The van der Waals surface area contributed by atoms with Gasteiger partial charge in [-0.2, -0.15) is 5.26 Å². The lowest BCUT2D eigenvalue weighted by Crippen LogP contribution is -2.34. The SMILES string of the molecule is CC1(C)CCC(NS(=O)(=O)c2cccnc2C#N)C1. The van der Waals surface area contributed by atoms with Crippen LogP contribution < -0.4 is 4.72 Å². The van der Waals surface area contributed by atoms with E-state index in [1.54, 1.807) is 0 Å². The zero-order chi connectivity index (χ0) is 14.1. The fourth-order valence-corrected chi connectivity index (χ4v) is 3.89. The summed E-state index contributed by atoms with van der Waals surface area (Å²) in [4.78, 5) is 3.75. The van der Waals surface area contributed by atoms with Crippen LogP contribution in [0.3, 0.4) is 0 Å². The van der Waals surface area contributed by atoms with Crippen molar-refractivity contribution in [2.24, 2.45) is 5.41 Å². The summed E-state index contributed by atoms with van der Waals surface area (Å²) >= 11 is 0. The van der Waals surface area contributed by atoms with Crippen molar-refractivity contribution in [1.82, 2.24) is 9.71 Å². The molecule has 19 heavy (non-hydrogen) atoms. The monoisotopic (exact) mass is 279 g/mol. The van der Waals surface area contributed by atoms with E-state index >= 15 is 0 Å². The Balaban J connectivity index is 2.22. The molecule has 0 aliphatic heterocycles. The van der Waals surface area contributed by atoms with Crippen LogP contribution in [-0.2, 0) is 10.0 Å². The first-order chi connectivity index (χ1) is 8.84. The summed E-state index contributed by atoms with van der Waals surface area (Å²) in [7, 11) is -3.67. The molecule has 1 aliphatic rings. The highest BCUT2D eigenvalue weighted by Gasteiger charge is 2.34. The summed E-state index contributed by atoms with van der Waals surface area (Å²) < 4.78 is 27.2. The second-order valence-electron chi connectivity index (χ2n) is 5.69. The number of aromatic nitrogens is 1. The smallest absolute Gasteiger partial charge is 0.243 e. The van der Waals surface area contributed by atoms with Crippen LogP contribution >= 0.6 is 0 Å². The first-order valence-corrected chi connectivity index (χ1v) is 7.70. The van der Waals surface area contributed by atoms with Crippen molar-refractivity contribution in [3.8, 4) is 6.07 Å². The fourth-order valence-electron chi connectivity index (χ4n) is 2.51. The van der Waals surface area contributed by atoms with Gasteiger partial charge in [-0.3, -0.25) is 0 Å². The minimum atomic E-state index is -3.67. The number of hydrogen-bond acceptors (Lipinski definition) is 4. The van der Waals surface area contributed by atoms with Crippen molar-refractivity contribution in [2.45, 2.75) is 44.0 Å². The van der Waals surface area contributed by atoms with Crippen LogP contribution in [0.15, 0.2) is 23.2 Å². The molecule has 0 aromatic carbocycles. The molecule has 0 bridgehead atoms. The largest absolute Gasteiger partial charge is 0.244 e. The van der Waals surface area contributed by atoms with Gasteiger partial charge in [0.1, 0.15) is 11.0 Å². The number of sulfonamides is 1. The molecule has 0 saturated heterocycles. The van der Waals surface area contributed by atoms with Crippen molar-refractivity contribution in [1.29, 1.82) is 5.26 Å². The normalized spacial score (nSPS) is 22.1. The van der Waals surface area contributed by atoms with E-state index in [0.29, 0.717) is 0 Å². The van der Waals surface area contributed by atoms with Gasteiger partial charge in [0.25, 0.3) is 0 Å². The maximum Gasteiger partial charge on any atom is 0.243 e. The Bertz CT molecular complexity index is 617. The molecule has 1 aromatic heterocycles. The van der Waals surface area contributed by atoms with Gasteiger partial charge in [-0.05, 0) is 36.8 Å². The Morgan fingerprint density at radius 3 is 2.84 bits per heavy atom. The lowest BCUT2D eigenvalue weighted by atomic mass is 9.92. The average Bonchev–Trinajstić information content (AvgIpc) is 2.67. The van der Waals surface area contributed by atoms with Crippen LogP contribution in [0.2, 0.25) is 0 Å². The Labute approximate surface area is 113 Å². The maximum absolute atomic E-state index is 12.3. The lowest BCUT2D eigenvalue weighted by Gasteiger charge is -2.18. The van der Waals surface area contributed by atoms with E-state index in [4.69, 9.17) is 5.26 Å². The van der Waals surface area contributed by atoms with E-state index < -0.39 is 10.0 Å². The topological polar surface area (TPSA) is 82.8 Å². The lowest BCUT2D eigenvalue weighted by molar-refractivity contribution is 0.372. The molecule has 1 saturated carbocycles. The Morgan fingerprint density at radius 1 is 1.53 bits per heavy atom. The minimum absolute atomic E-state index is 0.0396. The number of pyridine rings is 1. The Hall–Kier alpha value is -1.45. The van der Waals surface area contributed by atoms with Crippen LogP contribution in [0.5, 0.6) is 0 Å². The van der Waals surface area contributed by atoms with Gasteiger partial charge in [0, 0.05) is 12.2 Å². The summed E-state index contributed by atoms with van der Waals surface area (Å²) in [6.07, 6.45) is 4.05. The van der Waals surface area contributed by atoms with E-state index in [2.05, 4.69) is 23.6 Å². The molecular weight excluding hydrogens is 262 g/mol. The van der Waals surface area contributed by atoms with E-state index in [0.717, 1.165) is 19.3 Å². The number of nitriles is 1. The maximum atomic E-state index is 12.3. The number of rotatable bonds is 3. The fraction of sp³-hybridized carbons (Fsp3) is 0.538. The molecule has 5 nitrogen and oxygen atoms in total. The summed E-state index contributed by atoms with van der Waals surface area (Å²) in [5.41, 5.74) is 0.104. The molecule has 1 atom stereocenters. The summed E-state index contributed by atoms with van der Waals surface area (Å²) in [5.74, 6) is 0. The molecule has 2 rings (SSSR count). The third kappa shape index (κ3) is 3.11. The van der Waals surface area contributed by atoms with Crippen LogP contribution in [0.4, 0.5) is 0 Å². The number of hydrogen-bond donors (Lipinski definition) is 1. The van der Waals surface area contributed by atoms with Gasteiger partial charge < -0.3 is 0 Å². The minimum Gasteiger partial charge on any atom is -0.244 e. The van der Waals surface area contributed by atoms with Crippen LogP contribution in [0.1, 0.15) is 38.8 Å². The summed E-state index contributed by atoms with van der Waals surface area (Å²) in [5, 5.41) is 8.92. The second-order valence-corrected chi connectivity index (χ2v) is 7.37. The first-order valence-electron chi connectivity index (χ1n) is 6.21. The molecular formula is C13H17N3O2S. The summed E-state index contributed by atoms with van der Waals surface area (Å²) in [6.45, 7) is 4.26. The quantitative estimate of drug-likeness (QED) is 0.914. The van der Waals surface area contributed by atoms with Crippen molar-refractivity contribution in [3.63, 3.8) is 0 Å². The zero-order valence-corrected chi connectivity index (χ0v) is 11.9. The van der Waals surface area contributed by atoms with Crippen LogP contribution in [-0.4, -0.2) is 19.4 Å². The standard InChI is InChI=1S/C13H17N3O2S/c1-13(2)6-5-10(8-13)16-19(17,18)12-4-3-7-15-11(12)9-14/h3-4,7,10,16H,5-6,8H2,1-2H3. The van der Waals surface area contributed by atoms with Gasteiger partial charge in [-0.15, -0.1) is 0 Å². The molecule has 1 fully saturated rings. The predicted octanol–water partition coefficient (Wildman–Crippen LogP) is 1.81. The first kappa shape index (κ1) is 14.0. The van der Waals surface area contributed by atoms with E-state index in [-0.39, 0.29) is 22.0 Å². The van der Waals surface area contributed by atoms with Gasteiger partial charge in [-0.25, -0.2) is 18.1 Å². The van der Waals surface area contributed by atoms with Gasteiger partial charge in [0.05, 0.1) is 0 Å². The highest BCUT2D eigenvalue weighted by molar-refractivity contribution is 7.89. The van der Waals surface area contributed by atoms with Crippen molar-refractivity contribution in [3.05, 3.63) is 24.0 Å². The second kappa shape index (κ2) is 4.91. The summed E-state index contributed by atoms with van der Waals surface area (Å²) in [6, 6.07) is 4.68. The third-order valence-electron chi connectivity index (χ3n) is 3.46. The van der Waals surface area contributed by atoms with Gasteiger partial charge in [0.2, 0.25) is 10.0 Å². The molecule has 1 unspecified atom stereocenters. The van der Waals surface area contributed by atoms with Crippen molar-refractivity contribution < 1.29 is 8.42 Å². The van der Waals surface area contributed by atoms with E-state index in [1.807, 2.05) is 6.07 Å². The highest BCUT2D eigenvalue weighted by Crippen LogP contribution is 2.37. The molecule has 0 radical (unpaired) electrons. The van der Waals surface area contributed by atoms with Gasteiger partial charge in [0.15, 0.2) is 5.69 Å². The molecule has 6 heteroatoms. The number of nitrogens with one attached hydrogen (secondary N) is 1. The van der Waals surface area contributed by atoms with Gasteiger partial charge >= 0.3 is 0 Å². The van der Waals surface area contributed by atoms with Crippen LogP contribution in [0, 0.1) is 16.7 Å². The molecule has 1 aromatic rings. The average molecular weight is 279 g/mol. The van der Waals surface area contributed by atoms with Crippen molar-refractivity contribution >= 4 is 10.0 Å². The molecule has 0 spiro atoms. The van der Waals surface area contributed by atoms with Crippen LogP contribution in [0.25, 0.3) is 0 Å². The predicted molar refractivity (Wildman–Crippen MR) is 70.7 cm³/mol. The number of nitrogens with zero attached hydrogens (tertiary/aromatic N) is 2. The van der Waals surface area contributed by atoms with E-state index in [1.165, 1.54) is 18.3 Å². The molecule has 0 amide bonds.